The van der Waals surface area contributed by atoms with Crippen molar-refractivity contribution >= 4 is 33.9 Å². The van der Waals surface area contributed by atoms with Gasteiger partial charge in [-0.1, -0.05) is 18.2 Å². The third-order valence-electron chi connectivity index (χ3n) is 5.21. The molecule has 2 unspecified atom stereocenters. The van der Waals surface area contributed by atoms with Gasteiger partial charge < -0.3 is 15.2 Å². The van der Waals surface area contributed by atoms with Crippen LogP contribution in [0.3, 0.4) is 0 Å². The van der Waals surface area contributed by atoms with Crippen molar-refractivity contribution in [1.82, 2.24) is 5.32 Å². The van der Waals surface area contributed by atoms with E-state index in [1.54, 1.807) is 12.3 Å². The Bertz CT molecular complexity index is 1060. The van der Waals surface area contributed by atoms with E-state index < -0.39 is 16.9 Å². The maximum Gasteiger partial charge on any atom is 0.224 e. The molecule has 0 saturated carbocycles. The van der Waals surface area contributed by atoms with Crippen molar-refractivity contribution in [3.63, 3.8) is 0 Å². The molecule has 0 saturated heterocycles. The molecule has 0 heterocycles. The number of nitrogens with one attached hydrogen (secondary N) is 1. The molecule has 0 fully saturated rings. The Balaban J connectivity index is 1.90. The summed E-state index contributed by atoms with van der Waals surface area (Å²) in [6.45, 7) is 2.14. The van der Waals surface area contributed by atoms with Crippen LogP contribution in [0.25, 0.3) is 17.2 Å². The number of ether oxygens (including phenoxy) is 1. The lowest BCUT2D eigenvalue weighted by Crippen LogP contribution is -2.34. The molecule has 1 aliphatic rings. The first-order valence-corrected chi connectivity index (χ1v) is 11.4. The molecule has 2 atom stereocenters. The number of allylic oxidation sites excluding steroid dienone is 2. The summed E-state index contributed by atoms with van der Waals surface area (Å²) in [4.78, 5) is 13.2. The van der Waals surface area contributed by atoms with E-state index in [-0.39, 0.29) is 31.3 Å². The zero-order valence-corrected chi connectivity index (χ0v) is 18.6. The number of hydrogen-bond donors (Lipinski definition) is 2. The van der Waals surface area contributed by atoms with Crippen molar-refractivity contribution in [3.05, 3.63) is 70.5 Å². The van der Waals surface area contributed by atoms with Gasteiger partial charge in [0.2, 0.25) is 5.91 Å². The first-order chi connectivity index (χ1) is 14.8. The fourth-order valence-corrected chi connectivity index (χ4v) is 4.13. The molecular formula is C24H26FNO4S. The van der Waals surface area contributed by atoms with Gasteiger partial charge in [-0.2, -0.15) is 0 Å². The van der Waals surface area contributed by atoms with Crippen LogP contribution in [-0.4, -0.2) is 47.8 Å². The second kappa shape index (κ2) is 10.1. The van der Waals surface area contributed by atoms with Crippen LogP contribution in [0.2, 0.25) is 0 Å². The van der Waals surface area contributed by atoms with Crippen molar-refractivity contribution < 1.29 is 23.2 Å². The van der Waals surface area contributed by atoms with E-state index in [1.807, 2.05) is 37.3 Å². The molecule has 2 aromatic carbocycles. The normalized spacial score (nSPS) is 16.4. The fraction of sp³-hybridized carbons (Fsp3) is 0.292. The molecule has 0 aliphatic heterocycles. The first kappa shape index (κ1) is 23.1. The van der Waals surface area contributed by atoms with Gasteiger partial charge >= 0.3 is 0 Å². The van der Waals surface area contributed by atoms with E-state index >= 15 is 0 Å². The van der Waals surface area contributed by atoms with Gasteiger partial charge in [-0.15, -0.1) is 0 Å². The molecule has 0 aromatic heterocycles. The SMILES string of the molecule is COCC(O)CNC(=O)CC1=C(C)/C(=C\c2ccc(S(C)=O)cc2)c2ccc(F)cc21. The van der Waals surface area contributed by atoms with Gasteiger partial charge in [0.15, 0.2) is 0 Å². The number of fused-ring (bicyclic) bond motifs is 1. The lowest BCUT2D eigenvalue weighted by atomic mass is 10.0. The van der Waals surface area contributed by atoms with Crippen LogP contribution < -0.4 is 5.32 Å². The van der Waals surface area contributed by atoms with Gasteiger partial charge in [0, 0.05) is 35.6 Å². The van der Waals surface area contributed by atoms with E-state index in [0.29, 0.717) is 5.56 Å². The zero-order chi connectivity index (χ0) is 22.5. The van der Waals surface area contributed by atoms with Crippen LogP contribution in [-0.2, 0) is 20.3 Å². The minimum Gasteiger partial charge on any atom is -0.389 e. The molecule has 1 amide bonds. The highest BCUT2D eigenvalue weighted by Gasteiger charge is 2.26. The number of amides is 1. The van der Waals surface area contributed by atoms with Crippen molar-refractivity contribution in [2.24, 2.45) is 0 Å². The van der Waals surface area contributed by atoms with E-state index in [0.717, 1.165) is 32.7 Å². The molecule has 5 nitrogen and oxygen atoms in total. The summed E-state index contributed by atoms with van der Waals surface area (Å²) >= 11 is 0. The number of carbonyl (C=O) groups excluding carboxylic acids is 1. The molecule has 1 aliphatic carbocycles. The van der Waals surface area contributed by atoms with Crippen LogP contribution in [0.4, 0.5) is 4.39 Å². The highest BCUT2D eigenvalue weighted by atomic mass is 32.2. The maximum atomic E-state index is 14.0. The Morgan fingerprint density at radius 3 is 2.58 bits per heavy atom. The Kier molecular flexibility index (Phi) is 7.54. The first-order valence-electron chi connectivity index (χ1n) is 9.89. The van der Waals surface area contributed by atoms with Crippen molar-refractivity contribution in [2.75, 3.05) is 26.5 Å². The number of rotatable bonds is 8. The van der Waals surface area contributed by atoms with Gasteiger partial charge in [0.05, 0.1) is 19.1 Å². The molecule has 31 heavy (non-hydrogen) atoms. The molecule has 164 valence electrons. The average molecular weight is 444 g/mol. The summed E-state index contributed by atoms with van der Waals surface area (Å²) < 4.78 is 30.5. The number of aliphatic hydroxyl groups excluding tert-OH is 1. The summed E-state index contributed by atoms with van der Waals surface area (Å²) in [6, 6.07) is 12.0. The second-order valence-corrected chi connectivity index (χ2v) is 8.84. The van der Waals surface area contributed by atoms with Crippen LogP contribution in [0, 0.1) is 5.82 Å². The highest BCUT2D eigenvalue weighted by Crippen LogP contribution is 2.43. The standard InChI is InChI=1S/C24H26FNO4S/c1-15-21(10-16-4-7-19(8-5-16)31(3)29)20-9-6-17(25)11-23(20)22(15)12-24(28)26-13-18(27)14-30-2/h4-11,18,27H,12-14H2,1-3H3,(H,26,28)/b21-10+. The lowest BCUT2D eigenvalue weighted by Gasteiger charge is -2.12. The van der Waals surface area contributed by atoms with Gasteiger partial charge in [0.1, 0.15) is 5.82 Å². The monoisotopic (exact) mass is 443 g/mol. The Hall–Kier alpha value is -2.61. The number of methoxy groups -OCH3 is 1. The zero-order valence-electron chi connectivity index (χ0n) is 17.8. The third kappa shape index (κ3) is 5.55. The van der Waals surface area contributed by atoms with E-state index in [1.165, 1.54) is 19.2 Å². The van der Waals surface area contributed by atoms with Gasteiger partial charge in [-0.05, 0) is 70.7 Å². The molecule has 3 rings (SSSR count). The number of hydrogen-bond acceptors (Lipinski definition) is 4. The summed E-state index contributed by atoms with van der Waals surface area (Å²) in [5, 5.41) is 12.4. The summed E-state index contributed by atoms with van der Waals surface area (Å²) in [5.74, 6) is -0.619. The van der Waals surface area contributed by atoms with Crippen molar-refractivity contribution in [2.45, 2.75) is 24.3 Å². The van der Waals surface area contributed by atoms with Crippen LogP contribution in [0.5, 0.6) is 0 Å². The van der Waals surface area contributed by atoms with Crippen LogP contribution in [0.1, 0.15) is 30.0 Å². The molecule has 2 N–H and O–H groups in total. The molecular weight excluding hydrogens is 417 g/mol. The topological polar surface area (TPSA) is 75.6 Å². The molecule has 0 spiro atoms. The van der Waals surface area contributed by atoms with E-state index in [2.05, 4.69) is 5.32 Å². The lowest BCUT2D eigenvalue weighted by molar-refractivity contribution is -0.120. The minimum atomic E-state index is -1.05. The minimum absolute atomic E-state index is 0.0765. The predicted octanol–water partition coefficient (Wildman–Crippen LogP) is 3.40. The van der Waals surface area contributed by atoms with E-state index in [9.17, 15) is 18.5 Å². The average Bonchev–Trinajstić information content (AvgIpc) is 2.98. The largest absolute Gasteiger partial charge is 0.389 e. The van der Waals surface area contributed by atoms with Gasteiger partial charge in [-0.3, -0.25) is 9.00 Å². The fourth-order valence-electron chi connectivity index (χ4n) is 3.61. The van der Waals surface area contributed by atoms with Crippen LogP contribution in [0.15, 0.2) is 52.9 Å². The Morgan fingerprint density at radius 2 is 1.94 bits per heavy atom. The van der Waals surface area contributed by atoms with Crippen molar-refractivity contribution in [1.29, 1.82) is 0 Å². The van der Waals surface area contributed by atoms with Gasteiger partial charge in [-0.25, -0.2) is 4.39 Å². The summed E-state index contributed by atoms with van der Waals surface area (Å²) in [7, 11) is 0.430. The molecule has 2 aromatic rings. The van der Waals surface area contributed by atoms with Crippen molar-refractivity contribution in [3.8, 4) is 0 Å². The van der Waals surface area contributed by atoms with Crippen LogP contribution >= 0.6 is 0 Å². The number of carbonyl (C=O) groups is 1. The quantitative estimate of drug-likeness (QED) is 0.656. The molecule has 0 bridgehead atoms. The third-order valence-corrected chi connectivity index (χ3v) is 6.14. The van der Waals surface area contributed by atoms with E-state index in [4.69, 9.17) is 4.74 Å². The number of halogens is 1. The highest BCUT2D eigenvalue weighted by molar-refractivity contribution is 7.84. The molecule has 7 heteroatoms. The second-order valence-electron chi connectivity index (χ2n) is 7.46. The summed E-state index contributed by atoms with van der Waals surface area (Å²) in [6.07, 6.45) is 2.91. The maximum absolute atomic E-state index is 14.0. The smallest absolute Gasteiger partial charge is 0.224 e. The Labute approximate surface area is 184 Å². The number of aliphatic hydroxyl groups is 1. The van der Waals surface area contributed by atoms with Gasteiger partial charge in [0.25, 0.3) is 0 Å². The summed E-state index contributed by atoms with van der Waals surface area (Å²) in [5.41, 5.74) is 5.06. The predicted molar refractivity (Wildman–Crippen MR) is 121 cm³/mol. The number of benzene rings is 2. The Morgan fingerprint density at radius 1 is 1.23 bits per heavy atom. The molecule has 0 radical (unpaired) electrons.